The summed E-state index contributed by atoms with van der Waals surface area (Å²) in [5, 5.41) is 6.69. The third-order valence-electron chi connectivity index (χ3n) is 3.23. The Hall–Kier alpha value is -1.88. The second-order valence-electron chi connectivity index (χ2n) is 4.77. The van der Waals surface area contributed by atoms with Crippen molar-refractivity contribution in [2.75, 3.05) is 23.3 Å². The van der Waals surface area contributed by atoms with Crippen molar-refractivity contribution in [2.45, 2.75) is 19.8 Å². The molecular weight excluding hydrogens is 270 g/mol. The van der Waals surface area contributed by atoms with E-state index in [4.69, 9.17) is 12.2 Å². The van der Waals surface area contributed by atoms with E-state index < -0.39 is 0 Å². The molecule has 1 aromatic carbocycles. The summed E-state index contributed by atoms with van der Waals surface area (Å²) in [4.78, 5) is 13.6. The molecule has 0 aromatic heterocycles. The molecule has 1 amide bonds. The Morgan fingerprint density at radius 2 is 2.35 bits per heavy atom. The molecule has 2 rings (SSSR count). The lowest BCUT2D eigenvalue weighted by atomic mass is 10.1. The van der Waals surface area contributed by atoms with Gasteiger partial charge in [-0.3, -0.25) is 4.79 Å². The molecule has 0 bridgehead atoms. The van der Waals surface area contributed by atoms with Crippen molar-refractivity contribution >= 4 is 34.6 Å². The Labute approximate surface area is 124 Å². The molecule has 5 heteroatoms. The zero-order valence-electron chi connectivity index (χ0n) is 11.6. The van der Waals surface area contributed by atoms with Crippen molar-refractivity contribution < 1.29 is 4.79 Å². The largest absolute Gasteiger partial charge is 0.359 e. The topological polar surface area (TPSA) is 44.4 Å². The first kappa shape index (κ1) is 14.5. The number of hydrogen-bond acceptors (Lipinski definition) is 2. The van der Waals surface area contributed by atoms with Crippen molar-refractivity contribution in [1.82, 2.24) is 5.32 Å². The van der Waals surface area contributed by atoms with Crippen molar-refractivity contribution in [3.05, 3.63) is 36.4 Å². The Bertz CT molecular complexity index is 542. The van der Waals surface area contributed by atoms with Gasteiger partial charge in [-0.1, -0.05) is 6.08 Å². The van der Waals surface area contributed by atoms with Gasteiger partial charge >= 0.3 is 0 Å². The van der Waals surface area contributed by atoms with Crippen LogP contribution in [0.4, 0.5) is 11.4 Å². The number of hydrogen-bond donors (Lipinski definition) is 2. The number of carbonyl (C=O) groups excluding carboxylic acids is 1. The molecule has 0 radical (unpaired) electrons. The summed E-state index contributed by atoms with van der Waals surface area (Å²) >= 11 is 5.17. The summed E-state index contributed by atoms with van der Waals surface area (Å²) in [5.74, 6) is 0.206. The smallest absolute Gasteiger partial charge is 0.227 e. The molecule has 106 valence electrons. The lowest BCUT2D eigenvalue weighted by Gasteiger charge is -2.19. The maximum Gasteiger partial charge on any atom is 0.227 e. The SMILES string of the molecule is C=CCNC(=S)Nc1ccc(N2CCCC2=O)c(C)c1. The predicted molar refractivity (Wildman–Crippen MR) is 87.2 cm³/mol. The van der Waals surface area contributed by atoms with E-state index in [2.05, 4.69) is 17.2 Å². The molecule has 4 nitrogen and oxygen atoms in total. The second-order valence-corrected chi connectivity index (χ2v) is 5.18. The second kappa shape index (κ2) is 6.52. The van der Waals surface area contributed by atoms with Gasteiger partial charge in [-0.2, -0.15) is 0 Å². The van der Waals surface area contributed by atoms with Crippen LogP contribution in [-0.2, 0) is 4.79 Å². The van der Waals surface area contributed by atoms with Crippen LogP contribution in [0.25, 0.3) is 0 Å². The van der Waals surface area contributed by atoms with Gasteiger partial charge in [-0.25, -0.2) is 0 Å². The maximum absolute atomic E-state index is 11.8. The lowest BCUT2D eigenvalue weighted by molar-refractivity contribution is -0.117. The summed E-state index contributed by atoms with van der Waals surface area (Å²) in [6.45, 7) is 7.08. The van der Waals surface area contributed by atoms with Gasteiger partial charge in [-0.15, -0.1) is 6.58 Å². The van der Waals surface area contributed by atoms with Gasteiger partial charge in [0, 0.05) is 30.9 Å². The normalized spacial score (nSPS) is 14.2. The molecule has 1 aromatic rings. The van der Waals surface area contributed by atoms with Crippen LogP contribution in [-0.4, -0.2) is 24.1 Å². The van der Waals surface area contributed by atoms with Crippen molar-refractivity contribution in [1.29, 1.82) is 0 Å². The third-order valence-corrected chi connectivity index (χ3v) is 3.47. The highest BCUT2D eigenvalue weighted by atomic mass is 32.1. The fourth-order valence-electron chi connectivity index (χ4n) is 2.28. The summed E-state index contributed by atoms with van der Waals surface area (Å²) in [5.41, 5.74) is 2.97. The van der Waals surface area contributed by atoms with Crippen LogP contribution >= 0.6 is 12.2 Å². The highest BCUT2D eigenvalue weighted by molar-refractivity contribution is 7.80. The average Bonchev–Trinajstić information content (AvgIpc) is 2.83. The standard InChI is InChI=1S/C15H19N3OS/c1-3-8-16-15(20)17-12-6-7-13(11(2)10-12)18-9-4-5-14(18)19/h3,6-7,10H,1,4-5,8-9H2,2H3,(H2,16,17,20). The van der Waals surface area contributed by atoms with Crippen LogP contribution in [0, 0.1) is 6.92 Å². The zero-order valence-corrected chi connectivity index (χ0v) is 12.4. The molecule has 0 unspecified atom stereocenters. The van der Waals surface area contributed by atoms with E-state index in [9.17, 15) is 4.79 Å². The monoisotopic (exact) mass is 289 g/mol. The number of rotatable bonds is 4. The Kier molecular flexibility index (Phi) is 4.74. The summed E-state index contributed by atoms with van der Waals surface area (Å²) in [6, 6.07) is 5.91. The Morgan fingerprint density at radius 3 is 2.95 bits per heavy atom. The molecule has 0 atom stereocenters. The number of anilines is 2. The minimum atomic E-state index is 0.206. The number of aryl methyl sites for hydroxylation is 1. The minimum absolute atomic E-state index is 0.206. The van der Waals surface area contributed by atoms with Crippen molar-refractivity contribution in [2.24, 2.45) is 0 Å². The number of thiocarbonyl (C=S) groups is 1. The maximum atomic E-state index is 11.8. The lowest BCUT2D eigenvalue weighted by Crippen LogP contribution is -2.28. The molecule has 1 aliphatic rings. The van der Waals surface area contributed by atoms with E-state index in [1.54, 1.807) is 6.08 Å². The van der Waals surface area contributed by atoms with Crippen LogP contribution < -0.4 is 15.5 Å². The van der Waals surface area contributed by atoms with Crippen molar-refractivity contribution in [3.63, 3.8) is 0 Å². The van der Waals surface area contributed by atoms with Crippen LogP contribution in [0.5, 0.6) is 0 Å². The van der Waals surface area contributed by atoms with Crippen LogP contribution in [0.15, 0.2) is 30.9 Å². The van der Waals surface area contributed by atoms with E-state index in [1.807, 2.05) is 30.0 Å². The van der Waals surface area contributed by atoms with E-state index >= 15 is 0 Å². The van der Waals surface area contributed by atoms with Gasteiger partial charge < -0.3 is 15.5 Å². The number of amides is 1. The Balaban J connectivity index is 2.07. The van der Waals surface area contributed by atoms with Crippen LogP contribution in [0.2, 0.25) is 0 Å². The number of carbonyl (C=O) groups is 1. The number of benzene rings is 1. The van der Waals surface area contributed by atoms with Gasteiger partial charge in [0.25, 0.3) is 0 Å². The highest BCUT2D eigenvalue weighted by Crippen LogP contribution is 2.27. The van der Waals surface area contributed by atoms with Crippen LogP contribution in [0.1, 0.15) is 18.4 Å². The van der Waals surface area contributed by atoms with Gasteiger partial charge in [-0.05, 0) is 49.3 Å². The first-order valence-electron chi connectivity index (χ1n) is 6.68. The summed E-state index contributed by atoms with van der Waals surface area (Å²) in [7, 11) is 0. The molecule has 1 saturated heterocycles. The molecule has 0 aliphatic carbocycles. The third kappa shape index (κ3) is 3.36. The summed E-state index contributed by atoms with van der Waals surface area (Å²) in [6.07, 6.45) is 3.34. The van der Waals surface area contributed by atoms with E-state index in [-0.39, 0.29) is 5.91 Å². The molecule has 2 N–H and O–H groups in total. The van der Waals surface area contributed by atoms with Gasteiger partial charge in [0.15, 0.2) is 5.11 Å². The van der Waals surface area contributed by atoms with Crippen LogP contribution in [0.3, 0.4) is 0 Å². The molecule has 1 fully saturated rings. The van der Waals surface area contributed by atoms with E-state index in [0.29, 0.717) is 18.1 Å². The number of nitrogens with zero attached hydrogens (tertiary/aromatic N) is 1. The first-order chi connectivity index (χ1) is 9.61. The van der Waals surface area contributed by atoms with Gasteiger partial charge in [0.1, 0.15) is 0 Å². The summed E-state index contributed by atoms with van der Waals surface area (Å²) < 4.78 is 0. The molecular formula is C15H19N3OS. The molecule has 0 spiro atoms. The van der Waals surface area contributed by atoms with Gasteiger partial charge in [0.05, 0.1) is 0 Å². The minimum Gasteiger partial charge on any atom is -0.359 e. The molecule has 1 aliphatic heterocycles. The first-order valence-corrected chi connectivity index (χ1v) is 7.09. The zero-order chi connectivity index (χ0) is 14.5. The van der Waals surface area contributed by atoms with E-state index in [0.717, 1.165) is 29.9 Å². The molecule has 20 heavy (non-hydrogen) atoms. The average molecular weight is 289 g/mol. The highest BCUT2D eigenvalue weighted by Gasteiger charge is 2.22. The van der Waals surface area contributed by atoms with E-state index in [1.165, 1.54) is 0 Å². The molecule has 0 saturated carbocycles. The Morgan fingerprint density at radius 1 is 1.55 bits per heavy atom. The van der Waals surface area contributed by atoms with Gasteiger partial charge in [0.2, 0.25) is 5.91 Å². The number of nitrogens with one attached hydrogen (secondary N) is 2. The predicted octanol–water partition coefficient (Wildman–Crippen LogP) is 2.59. The quantitative estimate of drug-likeness (QED) is 0.660. The fourth-order valence-corrected chi connectivity index (χ4v) is 2.48. The molecule has 1 heterocycles. The fraction of sp³-hybridized carbons (Fsp3) is 0.333. The van der Waals surface area contributed by atoms with Crippen molar-refractivity contribution in [3.8, 4) is 0 Å².